The molecule has 0 fully saturated rings. The molecule has 0 aliphatic carbocycles. The fourth-order valence-corrected chi connectivity index (χ4v) is 2.88. The van der Waals surface area contributed by atoms with E-state index in [1.54, 1.807) is 5.38 Å². The van der Waals surface area contributed by atoms with Crippen molar-refractivity contribution in [3.63, 3.8) is 0 Å². The van der Waals surface area contributed by atoms with Crippen molar-refractivity contribution in [3.05, 3.63) is 35.8 Å². The van der Waals surface area contributed by atoms with Crippen molar-refractivity contribution in [1.29, 1.82) is 0 Å². The Kier molecular flexibility index (Phi) is 4.62. The molecule has 1 aromatic carbocycles. The van der Waals surface area contributed by atoms with Gasteiger partial charge in [0, 0.05) is 17.3 Å². The summed E-state index contributed by atoms with van der Waals surface area (Å²) in [5.41, 5.74) is 6.00. The number of rotatable bonds is 3. The summed E-state index contributed by atoms with van der Waals surface area (Å²) in [6.07, 6.45) is 1.53. The molecule has 8 heteroatoms. The van der Waals surface area contributed by atoms with E-state index in [2.05, 4.69) is 9.71 Å². The van der Waals surface area contributed by atoms with Crippen LogP contribution in [-0.2, 0) is 29.5 Å². The number of nitrogens with zero attached hydrogens (tertiary/aromatic N) is 1. The van der Waals surface area contributed by atoms with Crippen molar-refractivity contribution in [2.45, 2.75) is 4.90 Å². The zero-order valence-electron chi connectivity index (χ0n) is 8.83. The van der Waals surface area contributed by atoms with Gasteiger partial charge in [-0.1, -0.05) is 0 Å². The second kappa shape index (κ2) is 5.57. The minimum atomic E-state index is -3.56. The average molecular weight is 321 g/mol. The van der Waals surface area contributed by atoms with Crippen LogP contribution in [0.4, 0.5) is 10.8 Å². The van der Waals surface area contributed by atoms with Crippen LogP contribution in [0, 0.1) is 0 Å². The molecule has 0 unspecified atom stereocenters. The average Bonchev–Trinajstić information content (AvgIpc) is 2.70. The molecule has 0 saturated heterocycles. The molecule has 0 bridgehead atoms. The Morgan fingerprint density at radius 1 is 1.24 bits per heavy atom. The van der Waals surface area contributed by atoms with Gasteiger partial charge in [0.05, 0.1) is 4.90 Å². The summed E-state index contributed by atoms with van der Waals surface area (Å²) in [4.78, 5) is 4.01. The molecule has 1 aromatic heterocycles. The Hall–Kier alpha value is -0.977. The molecule has 2 rings (SSSR count). The quantitative estimate of drug-likeness (QED) is 0.663. The molecule has 0 aliphatic rings. The third kappa shape index (κ3) is 3.49. The van der Waals surface area contributed by atoms with Crippen LogP contribution in [-0.4, -0.2) is 13.4 Å². The van der Waals surface area contributed by atoms with E-state index >= 15 is 0 Å². The Balaban J connectivity index is 0.00000144. The van der Waals surface area contributed by atoms with E-state index in [1.807, 2.05) is 0 Å². The molecule has 0 atom stereocenters. The number of thiazole rings is 1. The number of hydrogen-bond donors (Lipinski definition) is 2. The van der Waals surface area contributed by atoms with E-state index in [0.29, 0.717) is 10.8 Å². The molecular weight excluding hydrogens is 312 g/mol. The maximum Gasteiger partial charge on any atom is 2.00 e. The van der Waals surface area contributed by atoms with Crippen LogP contribution in [0.25, 0.3) is 0 Å². The number of nitrogen functional groups attached to an aromatic ring is 1. The number of nitrogens with one attached hydrogen (secondary N) is 1. The molecule has 3 N–H and O–H groups in total. The molecule has 17 heavy (non-hydrogen) atoms. The van der Waals surface area contributed by atoms with E-state index in [1.165, 1.54) is 41.8 Å². The summed E-state index contributed by atoms with van der Waals surface area (Å²) in [7, 11) is -3.56. The van der Waals surface area contributed by atoms with Gasteiger partial charge in [-0.15, -0.1) is 11.3 Å². The molecule has 2 aromatic rings. The largest absolute Gasteiger partial charge is 2.00 e. The summed E-state index contributed by atoms with van der Waals surface area (Å²) in [5, 5.41) is 2.04. The van der Waals surface area contributed by atoms with Gasteiger partial charge in [0.2, 0.25) is 0 Å². The Morgan fingerprint density at radius 3 is 2.41 bits per heavy atom. The van der Waals surface area contributed by atoms with Crippen molar-refractivity contribution in [2.24, 2.45) is 0 Å². The van der Waals surface area contributed by atoms with Crippen LogP contribution in [0.3, 0.4) is 0 Å². The molecule has 0 radical (unpaired) electrons. The van der Waals surface area contributed by atoms with Gasteiger partial charge < -0.3 is 5.73 Å². The third-order valence-corrected chi connectivity index (χ3v) is 4.02. The molecule has 1 heterocycles. The maximum atomic E-state index is 11.8. The minimum Gasteiger partial charge on any atom is -0.399 e. The summed E-state index contributed by atoms with van der Waals surface area (Å²) < 4.78 is 26.0. The van der Waals surface area contributed by atoms with Crippen molar-refractivity contribution >= 4 is 32.2 Å². The van der Waals surface area contributed by atoms with Crippen LogP contribution in [0.5, 0.6) is 0 Å². The standard InChI is InChI=1S/C9H9N3O2S2.Zn/c10-7-1-3-8(4-2-7)16(13,14)12-9-11-5-6-15-9;/h1-6H,10H2,(H,11,12);/q;+2. The summed E-state index contributed by atoms with van der Waals surface area (Å²) in [6, 6.07) is 5.98. The summed E-state index contributed by atoms with van der Waals surface area (Å²) in [5.74, 6) is 0. The van der Waals surface area contributed by atoms with Crippen molar-refractivity contribution in [2.75, 3.05) is 10.5 Å². The van der Waals surface area contributed by atoms with Gasteiger partial charge >= 0.3 is 19.5 Å². The van der Waals surface area contributed by atoms with Crippen molar-refractivity contribution in [1.82, 2.24) is 4.98 Å². The fraction of sp³-hybridized carbons (Fsp3) is 0. The first-order valence-corrected chi connectivity index (χ1v) is 6.72. The summed E-state index contributed by atoms with van der Waals surface area (Å²) in [6.45, 7) is 0. The van der Waals surface area contributed by atoms with E-state index in [-0.39, 0.29) is 24.4 Å². The zero-order chi connectivity index (χ0) is 11.6. The van der Waals surface area contributed by atoms with Gasteiger partial charge in [-0.2, -0.15) is 0 Å². The molecule has 84 valence electrons. The number of aromatic nitrogens is 1. The van der Waals surface area contributed by atoms with Gasteiger partial charge in [-0.3, -0.25) is 4.72 Å². The maximum absolute atomic E-state index is 11.8. The summed E-state index contributed by atoms with van der Waals surface area (Å²) >= 11 is 1.22. The van der Waals surface area contributed by atoms with E-state index in [9.17, 15) is 8.42 Å². The third-order valence-electron chi connectivity index (χ3n) is 1.84. The topological polar surface area (TPSA) is 85.1 Å². The van der Waals surface area contributed by atoms with E-state index < -0.39 is 10.0 Å². The van der Waals surface area contributed by atoms with Gasteiger partial charge in [0.1, 0.15) is 0 Å². The van der Waals surface area contributed by atoms with Crippen LogP contribution < -0.4 is 10.5 Å². The Bertz CT molecular complexity index is 567. The fourth-order valence-electron chi connectivity index (χ4n) is 1.09. The molecular formula is C9H9N3O2S2Zn+2. The molecule has 0 saturated carbocycles. The number of nitrogens with two attached hydrogens (primary N) is 1. The molecule has 0 amide bonds. The van der Waals surface area contributed by atoms with Crippen LogP contribution in [0.15, 0.2) is 40.7 Å². The second-order valence-electron chi connectivity index (χ2n) is 3.01. The normalized spacial score (nSPS) is 10.6. The van der Waals surface area contributed by atoms with Gasteiger partial charge in [0.15, 0.2) is 5.13 Å². The number of anilines is 2. The Morgan fingerprint density at radius 2 is 1.88 bits per heavy atom. The molecule has 5 nitrogen and oxygen atoms in total. The molecule has 0 aliphatic heterocycles. The minimum absolute atomic E-state index is 0. The first-order valence-electron chi connectivity index (χ1n) is 4.36. The number of hydrogen-bond acceptors (Lipinski definition) is 5. The monoisotopic (exact) mass is 319 g/mol. The number of benzene rings is 1. The first kappa shape index (κ1) is 14.1. The van der Waals surface area contributed by atoms with Crippen LogP contribution in [0.2, 0.25) is 0 Å². The van der Waals surface area contributed by atoms with Crippen molar-refractivity contribution in [3.8, 4) is 0 Å². The predicted molar refractivity (Wildman–Crippen MR) is 63.8 cm³/mol. The second-order valence-corrected chi connectivity index (χ2v) is 5.59. The van der Waals surface area contributed by atoms with Gasteiger partial charge in [-0.05, 0) is 24.3 Å². The molecule has 0 spiro atoms. The van der Waals surface area contributed by atoms with E-state index in [4.69, 9.17) is 5.73 Å². The predicted octanol–water partition coefficient (Wildman–Crippen LogP) is 1.52. The van der Waals surface area contributed by atoms with Crippen LogP contribution >= 0.6 is 11.3 Å². The number of sulfonamides is 1. The SMILES string of the molecule is Nc1ccc(S(=O)(=O)Nc2nccs2)cc1.[Zn+2]. The smallest absolute Gasteiger partial charge is 0.399 e. The zero-order valence-corrected chi connectivity index (χ0v) is 13.4. The van der Waals surface area contributed by atoms with Crippen LogP contribution in [0.1, 0.15) is 0 Å². The van der Waals surface area contributed by atoms with Crippen molar-refractivity contribution < 1.29 is 27.9 Å². The Labute approximate surface area is 116 Å². The van der Waals surface area contributed by atoms with Gasteiger partial charge in [-0.25, -0.2) is 13.4 Å². The van der Waals surface area contributed by atoms with E-state index in [0.717, 1.165) is 0 Å². The van der Waals surface area contributed by atoms with Gasteiger partial charge in [0.25, 0.3) is 10.0 Å². The first-order chi connectivity index (χ1) is 7.58.